The van der Waals surface area contributed by atoms with Crippen molar-refractivity contribution in [3.8, 4) is 17.2 Å². The van der Waals surface area contributed by atoms with Crippen molar-refractivity contribution in [2.45, 2.75) is 32.3 Å². The highest BCUT2D eigenvalue weighted by Crippen LogP contribution is 2.49. The van der Waals surface area contributed by atoms with Crippen LogP contribution in [0.1, 0.15) is 43.4 Å². The molecule has 2 aliphatic heterocycles. The van der Waals surface area contributed by atoms with Gasteiger partial charge in [0, 0.05) is 29.3 Å². The molecule has 0 radical (unpaired) electrons. The first-order valence-electron chi connectivity index (χ1n) is 12.2. The third kappa shape index (κ3) is 4.55. The van der Waals surface area contributed by atoms with Gasteiger partial charge in [0.05, 0.1) is 7.11 Å². The smallest absolute Gasteiger partial charge is 0.132 e. The highest BCUT2D eigenvalue weighted by Gasteiger charge is 2.36. The lowest BCUT2D eigenvalue weighted by Crippen LogP contribution is -2.34. The van der Waals surface area contributed by atoms with Gasteiger partial charge in [-0.15, -0.1) is 0 Å². The molecule has 1 fully saturated rings. The molecule has 4 nitrogen and oxygen atoms in total. The Morgan fingerprint density at radius 3 is 2.38 bits per heavy atom. The molecule has 3 aromatic rings. The van der Waals surface area contributed by atoms with E-state index >= 15 is 0 Å². The summed E-state index contributed by atoms with van der Waals surface area (Å²) < 4.78 is 18.2. The van der Waals surface area contributed by atoms with E-state index in [1.807, 2.05) is 18.2 Å². The summed E-state index contributed by atoms with van der Waals surface area (Å²) in [6.45, 7) is 8.32. The van der Waals surface area contributed by atoms with Crippen molar-refractivity contribution in [3.63, 3.8) is 0 Å². The van der Waals surface area contributed by atoms with Crippen molar-refractivity contribution >= 4 is 11.1 Å². The number of nitrogens with zero attached hydrogens (tertiary/aromatic N) is 1. The van der Waals surface area contributed by atoms with E-state index in [1.165, 1.54) is 37.1 Å². The average Bonchev–Trinajstić information content (AvgIpc) is 3.36. The molecule has 0 unspecified atom stereocenters. The Morgan fingerprint density at radius 1 is 0.853 bits per heavy atom. The van der Waals surface area contributed by atoms with Crippen molar-refractivity contribution in [1.29, 1.82) is 0 Å². The molecule has 0 bridgehead atoms. The van der Waals surface area contributed by atoms with Gasteiger partial charge in [0.25, 0.3) is 0 Å². The monoisotopic (exact) mass is 455 g/mol. The number of ether oxygens (including phenoxy) is 3. The lowest BCUT2D eigenvalue weighted by atomic mass is 9.79. The van der Waals surface area contributed by atoms with Crippen molar-refractivity contribution in [1.82, 2.24) is 4.90 Å². The molecule has 0 aromatic heterocycles. The minimum absolute atomic E-state index is 0.525. The van der Waals surface area contributed by atoms with Crippen LogP contribution in [0, 0.1) is 0 Å². The maximum absolute atomic E-state index is 6.56. The first-order chi connectivity index (χ1) is 16.5. The van der Waals surface area contributed by atoms with Gasteiger partial charge >= 0.3 is 0 Å². The molecule has 2 heterocycles. The molecule has 0 N–H and O–H groups in total. The van der Waals surface area contributed by atoms with Crippen LogP contribution in [0.4, 0.5) is 0 Å². The standard InChI is InChI=1S/C30H33NO3/c1-30(2)29(22-10-5-4-6-11-22)28(26-15-14-24(32-3)21-27(26)34-30)23-12-9-13-25(20-23)33-19-18-31-16-7-8-17-31/h4-6,9-15,20-21H,7-8,16-19H2,1-3H3. The molecule has 5 rings (SSSR count). The summed E-state index contributed by atoms with van der Waals surface area (Å²) in [5, 5.41) is 0. The van der Waals surface area contributed by atoms with E-state index in [-0.39, 0.29) is 0 Å². The zero-order chi connectivity index (χ0) is 23.5. The average molecular weight is 456 g/mol. The second-order valence-electron chi connectivity index (χ2n) is 9.52. The summed E-state index contributed by atoms with van der Waals surface area (Å²) in [7, 11) is 1.69. The molecule has 34 heavy (non-hydrogen) atoms. The van der Waals surface area contributed by atoms with Crippen molar-refractivity contribution in [3.05, 3.63) is 89.5 Å². The van der Waals surface area contributed by atoms with E-state index in [0.717, 1.165) is 40.5 Å². The summed E-state index contributed by atoms with van der Waals surface area (Å²) in [6.07, 6.45) is 2.60. The molecule has 0 atom stereocenters. The topological polar surface area (TPSA) is 30.9 Å². The summed E-state index contributed by atoms with van der Waals surface area (Å²) in [5.41, 5.74) is 5.16. The minimum atomic E-state index is -0.525. The van der Waals surface area contributed by atoms with Crippen molar-refractivity contribution < 1.29 is 14.2 Å². The second kappa shape index (κ2) is 9.55. The highest BCUT2D eigenvalue weighted by molar-refractivity contribution is 6.04. The molecule has 1 saturated heterocycles. The molecule has 0 amide bonds. The second-order valence-corrected chi connectivity index (χ2v) is 9.52. The number of fused-ring (bicyclic) bond motifs is 1. The normalized spacial score (nSPS) is 17.3. The number of hydrogen-bond donors (Lipinski definition) is 0. The molecule has 176 valence electrons. The summed E-state index contributed by atoms with van der Waals surface area (Å²) in [5.74, 6) is 2.52. The lowest BCUT2D eigenvalue weighted by Gasteiger charge is -2.38. The van der Waals surface area contributed by atoms with Gasteiger partial charge in [0.15, 0.2) is 0 Å². The number of benzene rings is 3. The first-order valence-corrected chi connectivity index (χ1v) is 12.2. The van der Waals surface area contributed by atoms with Gasteiger partial charge in [-0.25, -0.2) is 0 Å². The summed E-state index contributed by atoms with van der Waals surface area (Å²) in [6, 6.07) is 25.1. The fourth-order valence-corrected chi connectivity index (χ4v) is 5.12. The fourth-order valence-electron chi connectivity index (χ4n) is 5.12. The fraction of sp³-hybridized carbons (Fsp3) is 0.333. The zero-order valence-electron chi connectivity index (χ0n) is 20.3. The maximum atomic E-state index is 6.56. The van der Waals surface area contributed by atoms with E-state index in [9.17, 15) is 0 Å². The van der Waals surface area contributed by atoms with Crippen LogP contribution in [-0.2, 0) is 0 Å². The summed E-state index contributed by atoms with van der Waals surface area (Å²) >= 11 is 0. The Hall–Kier alpha value is -3.24. The van der Waals surface area contributed by atoms with Crippen LogP contribution in [-0.4, -0.2) is 43.9 Å². The predicted molar refractivity (Wildman–Crippen MR) is 138 cm³/mol. The quantitative estimate of drug-likeness (QED) is 0.418. The number of likely N-dealkylation sites (tertiary alicyclic amines) is 1. The molecular weight excluding hydrogens is 422 g/mol. The van der Waals surface area contributed by atoms with E-state index in [0.29, 0.717) is 6.61 Å². The molecule has 0 aliphatic carbocycles. The lowest BCUT2D eigenvalue weighted by molar-refractivity contribution is 0.168. The number of methoxy groups -OCH3 is 1. The van der Waals surface area contributed by atoms with Crippen LogP contribution in [0.5, 0.6) is 17.2 Å². The minimum Gasteiger partial charge on any atom is -0.497 e. The van der Waals surface area contributed by atoms with E-state index in [2.05, 4.69) is 73.3 Å². The molecule has 3 aromatic carbocycles. The summed E-state index contributed by atoms with van der Waals surface area (Å²) in [4.78, 5) is 2.48. The van der Waals surface area contributed by atoms with Gasteiger partial charge < -0.3 is 14.2 Å². The molecule has 4 heteroatoms. The molecule has 2 aliphatic rings. The van der Waals surface area contributed by atoms with Crippen LogP contribution in [0.3, 0.4) is 0 Å². The maximum Gasteiger partial charge on any atom is 0.132 e. The van der Waals surface area contributed by atoms with Crippen molar-refractivity contribution in [2.24, 2.45) is 0 Å². The van der Waals surface area contributed by atoms with Crippen molar-refractivity contribution in [2.75, 3.05) is 33.4 Å². The Balaban J connectivity index is 1.58. The Bertz CT molecular complexity index is 1180. The molecule has 0 saturated carbocycles. The van der Waals surface area contributed by atoms with Gasteiger partial charge in [-0.2, -0.15) is 0 Å². The van der Waals surface area contributed by atoms with Gasteiger partial charge in [-0.3, -0.25) is 4.90 Å². The van der Waals surface area contributed by atoms with Crippen LogP contribution in [0.2, 0.25) is 0 Å². The van der Waals surface area contributed by atoms with E-state index < -0.39 is 5.60 Å². The molecule has 0 spiro atoms. The Kier molecular flexibility index (Phi) is 6.34. The number of rotatable bonds is 7. The SMILES string of the molecule is COc1ccc2c(c1)OC(C)(C)C(c1ccccc1)=C2c1cccc(OCCN2CCCC2)c1. The molecular formula is C30H33NO3. The van der Waals surface area contributed by atoms with Gasteiger partial charge in [0.2, 0.25) is 0 Å². The van der Waals surface area contributed by atoms with Crippen LogP contribution < -0.4 is 14.2 Å². The third-order valence-corrected chi connectivity index (χ3v) is 6.74. The predicted octanol–water partition coefficient (Wildman–Crippen LogP) is 6.30. The van der Waals surface area contributed by atoms with Gasteiger partial charge in [-0.05, 0) is 75.2 Å². The van der Waals surface area contributed by atoms with Gasteiger partial charge in [0.1, 0.15) is 29.5 Å². The zero-order valence-corrected chi connectivity index (χ0v) is 20.3. The largest absolute Gasteiger partial charge is 0.497 e. The van der Waals surface area contributed by atoms with E-state index in [4.69, 9.17) is 14.2 Å². The van der Waals surface area contributed by atoms with Crippen LogP contribution in [0.15, 0.2) is 72.8 Å². The highest BCUT2D eigenvalue weighted by atomic mass is 16.5. The third-order valence-electron chi connectivity index (χ3n) is 6.74. The van der Waals surface area contributed by atoms with Crippen LogP contribution >= 0.6 is 0 Å². The van der Waals surface area contributed by atoms with E-state index in [1.54, 1.807) is 7.11 Å². The Labute approximate surface area is 202 Å². The van der Waals surface area contributed by atoms with Crippen LogP contribution in [0.25, 0.3) is 11.1 Å². The Morgan fingerprint density at radius 2 is 1.62 bits per heavy atom. The first kappa shape index (κ1) is 22.5. The van der Waals surface area contributed by atoms with Gasteiger partial charge in [-0.1, -0.05) is 42.5 Å². The number of hydrogen-bond acceptors (Lipinski definition) is 4.